The van der Waals surface area contributed by atoms with Gasteiger partial charge in [0.25, 0.3) is 5.91 Å². The van der Waals surface area contributed by atoms with Gasteiger partial charge in [-0.25, -0.2) is 4.39 Å². The van der Waals surface area contributed by atoms with Gasteiger partial charge in [0.05, 0.1) is 13.7 Å². The van der Waals surface area contributed by atoms with Gasteiger partial charge in [0.1, 0.15) is 18.0 Å². The monoisotopic (exact) mass is 334 g/mol. The van der Waals surface area contributed by atoms with Crippen LogP contribution in [-0.2, 0) is 4.79 Å². The third kappa shape index (κ3) is 3.37. The Morgan fingerprint density at radius 1 is 1.12 bits per heavy atom. The number of methoxy groups -OCH3 is 1. The lowest BCUT2D eigenvalue weighted by Gasteiger charge is -2.32. The molecule has 1 aromatic carbocycles. The average molecular weight is 334 g/mol. The Labute approximate surface area is 141 Å². The Kier molecular flexibility index (Phi) is 5.02. The highest BCUT2D eigenvalue weighted by Crippen LogP contribution is 2.26. The van der Waals surface area contributed by atoms with E-state index in [4.69, 9.17) is 4.74 Å². The molecule has 0 bridgehead atoms. The lowest BCUT2D eigenvalue weighted by molar-refractivity contribution is -0.136. The normalized spacial score (nSPS) is 24.1. The second kappa shape index (κ2) is 7.20. The van der Waals surface area contributed by atoms with E-state index in [9.17, 15) is 14.0 Å². The number of ether oxygens (including phenoxy) is 1. The van der Waals surface area contributed by atoms with E-state index in [-0.39, 0.29) is 24.8 Å². The Morgan fingerprint density at radius 2 is 1.79 bits per heavy atom. The Bertz CT molecular complexity index is 599. The zero-order chi connectivity index (χ0) is 17.1. The summed E-state index contributed by atoms with van der Waals surface area (Å²) in [6, 6.07) is 5.99. The predicted octanol–water partition coefficient (Wildman–Crippen LogP) is 2.26. The Balaban J connectivity index is 1.76. The van der Waals surface area contributed by atoms with Gasteiger partial charge in [0, 0.05) is 25.1 Å². The minimum absolute atomic E-state index is 0.0187. The summed E-state index contributed by atoms with van der Waals surface area (Å²) in [5.41, 5.74) is 0.446. The first-order chi connectivity index (χ1) is 11.6. The van der Waals surface area contributed by atoms with Crippen molar-refractivity contribution < 1.29 is 18.7 Å². The number of carbonyl (C=O) groups excluding carboxylic acids is 2. The highest BCUT2D eigenvalue weighted by Gasteiger charge is 2.41. The van der Waals surface area contributed by atoms with Gasteiger partial charge in [-0.3, -0.25) is 9.59 Å². The van der Waals surface area contributed by atoms with Crippen molar-refractivity contribution in [3.8, 4) is 5.75 Å². The highest BCUT2D eigenvalue weighted by molar-refractivity contribution is 5.98. The van der Waals surface area contributed by atoms with Crippen LogP contribution in [0.4, 0.5) is 4.39 Å². The number of amides is 2. The van der Waals surface area contributed by atoms with Crippen LogP contribution in [0.5, 0.6) is 5.75 Å². The average Bonchev–Trinajstić information content (AvgIpc) is 3.03. The number of carbonyl (C=O) groups is 2. The highest BCUT2D eigenvalue weighted by atomic mass is 19.1. The number of nitrogens with zero attached hydrogens (tertiary/aromatic N) is 2. The molecule has 2 fully saturated rings. The van der Waals surface area contributed by atoms with Gasteiger partial charge in [-0.1, -0.05) is 0 Å². The van der Waals surface area contributed by atoms with Gasteiger partial charge >= 0.3 is 0 Å². The quantitative estimate of drug-likeness (QED) is 0.852. The topological polar surface area (TPSA) is 49.9 Å². The molecule has 3 rings (SSSR count). The molecule has 2 aliphatic heterocycles. The SMILES string of the molecule is COc1ccc(C(=O)N2C[C@@H](F)C[C@H]2C(=O)N2CCCCC2)cc1. The van der Waals surface area contributed by atoms with Gasteiger partial charge in [-0.2, -0.15) is 0 Å². The third-order valence-electron chi connectivity index (χ3n) is 4.80. The first-order valence-corrected chi connectivity index (χ1v) is 8.48. The maximum Gasteiger partial charge on any atom is 0.254 e. The van der Waals surface area contributed by atoms with Crippen LogP contribution in [0.15, 0.2) is 24.3 Å². The molecule has 6 heteroatoms. The molecule has 2 aliphatic rings. The van der Waals surface area contributed by atoms with Gasteiger partial charge in [0.15, 0.2) is 0 Å². The number of rotatable bonds is 3. The standard InChI is InChI=1S/C18H23FN2O3/c1-24-15-7-5-13(6-8-15)17(22)21-12-14(19)11-16(21)18(23)20-9-3-2-4-10-20/h5-8,14,16H,2-4,9-12H2,1H3/t14-,16-/m0/s1. The molecule has 24 heavy (non-hydrogen) atoms. The molecule has 2 atom stereocenters. The summed E-state index contributed by atoms with van der Waals surface area (Å²) in [5, 5.41) is 0. The molecule has 2 heterocycles. The van der Waals surface area contributed by atoms with Crippen molar-refractivity contribution in [3.63, 3.8) is 0 Å². The Hall–Kier alpha value is -2.11. The van der Waals surface area contributed by atoms with Crippen LogP contribution in [0.1, 0.15) is 36.0 Å². The van der Waals surface area contributed by atoms with E-state index < -0.39 is 12.2 Å². The molecular weight excluding hydrogens is 311 g/mol. The van der Waals surface area contributed by atoms with Crippen LogP contribution in [0.25, 0.3) is 0 Å². The predicted molar refractivity (Wildman–Crippen MR) is 87.8 cm³/mol. The molecule has 130 valence electrons. The molecule has 1 aromatic rings. The van der Waals surface area contributed by atoms with Crippen molar-refractivity contribution in [2.45, 2.75) is 37.9 Å². The van der Waals surface area contributed by atoms with Gasteiger partial charge in [-0.15, -0.1) is 0 Å². The van der Waals surface area contributed by atoms with Crippen LogP contribution in [-0.4, -0.2) is 60.6 Å². The second-order valence-corrected chi connectivity index (χ2v) is 6.42. The van der Waals surface area contributed by atoms with Gasteiger partial charge in [0.2, 0.25) is 5.91 Å². The van der Waals surface area contributed by atoms with Gasteiger partial charge in [-0.05, 0) is 43.5 Å². The summed E-state index contributed by atoms with van der Waals surface area (Å²) in [6.07, 6.45) is 2.02. The minimum atomic E-state index is -1.15. The Morgan fingerprint density at radius 3 is 2.42 bits per heavy atom. The maximum atomic E-state index is 14.0. The molecular formula is C18H23FN2O3. The number of piperidine rings is 1. The van der Waals surface area contributed by atoms with Crippen molar-refractivity contribution in [2.75, 3.05) is 26.7 Å². The zero-order valence-corrected chi connectivity index (χ0v) is 13.9. The van der Waals surface area contributed by atoms with Crippen molar-refractivity contribution in [1.82, 2.24) is 9.80 Å². The number of hydrogen-bond acceptors (Lipinski definition) is 3. The summed E-state index contributed by atoms with van der Waals surface area (Å²) in [7, 11) is 1.55. The molecule has 0 spiro atoms. The molecule has 0 aliphatic carbocycles. The first-order valence-electron chi connectivity index (χ1n) is 8.48. The fourth-order valence-corrected chi connectivity index (χ4v) is 3.47. The zero-order valence-electron chi connectivity index (χ0n) is 13.9. The van der Waals surface area contributed by atoms with E-state index in [1.165, 1.54) is 4.90 Å². The van der Waals surface area contributed by atoms with E-state index in [0.717, 1.165) is 19.3 Å². The van der Waals surface area contributed by atoms with Crippen LogP contribution >= 0.6 is 0 Å². The van der Waals surface area contributed by atoms with Crippen molar-refractivity contribution in [2.24, 2.45) is 0 Å². The first kappa shape index (κ1) is 16.7. The smallest absolute Gasteiger partial charge is 0.254 e. The van der Waals surface area contributed by atoms with Crippen LogP contribution in [0, 0.1) is 0 Å². The molecule has 0 saturated carbocycles. The second-order valence-electron chi connectivity index (χ2n) is 6.42. The van der Waals surface area contributed by atoms with Crippen LogP contribution in [0.3, 0.4) is 0 Å². The number of hydrogen-bond donors (Lipinski definition) is 0. The lowest BCUT2D eigenvalue weighted by Crippen LogP contribution is -2.49. The summed E-state index contributed by atoms with van der Waals surface area (Å²) in [6.45, 7) is 1.39. The summed E-state index contributed by atoms with van der Waals surface area (Å²) < 4.78 is 19.0. The summed E-state index contributed by atoms with van der Waals surface area (Å²) >= 11 is 0. The molecule has 0 radical (unpaired) electrons. The molecule has 0 N–H and O–H groups in total. The molecule has 2 saturated heterocycles. The number of halogens is 1. The van der Waals surface area contributed by atoms with Crippen LogP contribution in [0.2, 0.25) is 0 Å². The maximum absolute atomic E-state index is 14.0. The van der Waals surface area contributed by atoms with Crippen molar-refractivity contribution in [3.05, 3.63) is 29.8 Å². The fourth-order valence-electron chi connectivity index (χ4n) is 3.47. The molecule has 0 unspecified atom stereocenters. The summed E-state index contributed by atoms with van der Waals surface area (Å²) in [4.78, 5) is 28.6. The van der Waals surface area contributed by atoms with E-state index >= 15 is 0 Å². The third-order valence-corrected chi connectivity index (χ3v) is 4.80. The molecule has 5 nitrogen and oxygen atoms in total. The lowest BCUT2D eigenvalue weighted by atomic mass is 10.1. The number of alkyl halides is 1. The van der Waals surface area contributed by atoms with Crippen molar-refractivity contribution >= 4 is 11.8 Å². The van der Waals surface area contributed by atoms with Gasteiger partial charge < -0.3 is 14.5 Å². The van der Waals surface area contributed by atoms with Crippen LogP contribution < -0.4 is 4.74 Å². The molecule has 2 amide bonds. The van der Waals surface area contributed by atoms with E-state index in [0.29, 0.717) is 24.4 Å². The molecule has 0 aromatic heterocycles. The van der Waals surface area contributed by atoms with E-state index in [1.807, 2.05) is 0 Å². The largest absolute Gasteiger partial charge is 0.497 e. The number of benzene rings is 1. The van der Waals surface area contributed by atoms with Crippen molar-refractivity contribution in [1.29, 1.82) is 0 Å². The van der Waals surface area contributed by atoms with E-state index in [1.54, 1.807) is 36.3 Å². The fraction of sp³-hybridized carbons (Fsp3) is 0.556. The number of likely N-dealkylation sites (tertiary alicyclic amines) is 2. The summed E-state index contributed by atoms with van der Waals surface area (Å²) in [5.74, 6) is 0.238. The van der Waals surface area contributed by atoms with E-state index in [2.05, 4.69) is 0 Å². The minimum Gasteiger partial charge on any atom is -0.497 e.